The normalized spacial score (nSPS) is 11.9. The largest absolute Gasteiger partial charge is 0.454 e. The summed E-state index contributed by atoms with van der Waals surface area (Å²) in [5.74, 6) is 2.11. The molecule has 7 heteroatoms. The predicted octanol–water partition coefficient (Wildman–Crippen LogP) is 4.07. The quantitative estimate of drug-likeness (QED) is 0.698. The van der Waals surface area contributed by atoms with Crippen LogP contribution in [0.5, 0.6) is 11.5 Å². The van der Waals surface area contributed by atoms with E-state index in [9.17, 15) is 4.79 Å². The fourth-order valence-electron chi connectivity index (χ4n) is 2.89. The highest BCUT2D eigenvalue weighted by molar-refractivity contribution is 6.03. The summed E-state index contributed by atoms with van der Waals surface area (Å²) < 4.78 is 10.7. The van der Waals surface area contributed by atoms with Crippen molar-refractivity contribution in [2.75, 3.05) is 17.4 Å². The number of benzene rings is 2. The second-order valence-corrected chi connectivity index (χ2v) is 6.38. The second-order valence-electron chi connectivity index (χ2n) is 6.38. The van der Waals surface area contributed by atoms with Gasteiger partial charge >= 0.3 is 0 Å². The van der Waals surface area contributed by atoms with Gasteiger partial charge in [-0.05, 0) is 43.2 Å². The average molecular weight is 376 g/mol. The van der Waals surface area contributed by atoms with Crippen molar-refractivity contribution >= 4 is 23.1 Å². The first-order valence-electron chi connectivity index (χ1n) is 9.03. The van der Waals surface area contributed by atoms with Gasteiger partial charge in [0.15, 0.2) is 11.5 Å². The van der Waals surface area contributed by atoms with Crippen LogP contribution in [0.15, 0.2) is 48.5 Å². The van der Waals surface area contributed by atoms with Crippen LogP contribution in [-0.4, -0.2) is 22.7 Å². The van der Waals surface area contributed by atoms with Crippen LogP contribution in [-0.2, 0) is 6.42 Å². The van der Waals surface area contributed by atoms with Gasteiger partial charge in [0.25, 0.3) is 5.91 Å². The van der Waals surface area contributed by atoms with E-state index in [2.05, 4.69) is 27.5 Å². The zero-order valence-corrected chi connectivity index (χ0v) is 15.7. The molecule has 0 spiro atoms. The number of anilines is 3. The van der Waals surface area contributed by atoms with Crippen LogP contribution in [0.25, 0.3) is 0 Å². The lowest BCUT2D eigenvalue weighted by Crippen LogP contribution is -2.15. The molecule has 7 nitrogen and oxygen atoms in total. The number of amides is 1. The minimum atomic E-state index is -0.288. The van der Waals surface area contributed by atoms with Crippen LogP contribution >= 0.6 is 0 Å². The van der Waals surface area contributed by atoms with E-state index in [0.29, 0.717) is 23.1 Å². The molecule has 1 aliphatic heterocycles. The van der Waals surface area contributed by atoms with Crippen molar-refractivity contribution in [2.45, 2.75) is 20.3 Å². The highest BCUT2D eigenvalue weighted by Gasteiger charge is 2.15. The van der Waals surface area contributed by atoms with Gasteiger partial charge < -0.3 is 20.1 Å². The number of nitrogens with zero attached hydrogens (tertiary/aromatic N) is 2. The molecule has 0 saturated carbocycles. The highest BCUT2D eigenvalue weighted by Crippen LogP contribution is 2.34. The standard InChI is InChI=1S/C21H20N4O3/c1-3-14-4-6-15(7-5-14)25-21(26)17-11-20(23-13(2)22-17)24-16-8-9-18-19(10-16)28-12-27-18/h4-11H,3,12H2,1-2H3,(H,25,26)(H,22,23,24). The van der Waals surface area contributed by atoms with E-state index in [1.807, 2.05) is 42.5 Å². The van der Waals surface area contributed by atoms with E-state index < -0.39 is 0 Å². The number of carbonyl (C=O) groups is 1. The van der Waals surface area contributed by atoms with Gasteiger partial charge in [0, 0.05) is 23.5 Å². The van der Waals surface area contributed by atoms with Crippen LogP contribution < -0.4 is 20.1 Å². The van der Waals surface area contributed by atoms with Crippen LogP contribution in [0, 0.1) is 6.92 Å². The minimum absolute atomic E-state index is 0.217. The lowest BCUT2D eigenvalue weighted by Gasteiger charge is -2.10. The van der Waals surface area contributed by atoms with Crippen LogP contribution in [0.2, 0.25) is 0 Å². The first kappa shape index (κ1) is 17.8. The van der Waals surface area contributed by atoms with Crippen molar-refractivity contribution in [1.29, 1.82) is 0 Å². The Balaban J connectivity index is 1.52. The maximum atomic E-state index is 12.6. The first-order valence-corrected chi connectivity index (χ1v) is 9.03. The van der Waals surface area contributed by atoms with E-state index >= 15 is 0 Å². The highest BCUT2D eigenvalue weighted by atomic mass is 16.7. The Morgan fingerprint density at radius 3 is 2.54 bits per heavy atom. The molecule has 142 valence electrons. The number of carbonyl (C=O) groups excluding carboxylic acids is 1. The summed E-state index contributed by atoms with van der Waals surface area (Å²) in [6.07, 6.45) is 0.953. The number of fused-ring (bicyclic) bond motifs is 1. The molecule has 28 heavy (non-hydrogen) atoms. The third-order valence-corrected chi connectivity index (χ3v) is 4.34. The number of rotatable bonds is 5. The molecule has 0 saturated heterocycles. The summed E-state index contributed by atoms with van der Waals surface area (Å²) in [6.45, 7) is 4.05. The van der Waals surface area contributed by atoms with Gasteiger partial charge in [-0.25, -0.2) is 9.97 Å². The van der Waals surface area contributed by atoms with E-state index in [-0.39, 0.29) is 18.4 Å². The molecule has 1 amide bonds. The summed E-state index contributed by atoms with van der Waals surface area (Å²) >= 11 is 0. The third-order valence-electron chi connectivity index (χ3n) is 4.34. The maximum Gasteiger partial charge on any atom is 0.274 e. The van der Waals surface area contributed by atoms with Gasteiger partial charge in [-0.1, -0.05) is 19.1 Å². The lowest BCUT2D eigenvalue weighted by atomic mass is 10.1. The minimum Gasteiger partial charge on any atom is -0.454 e. The molecule has 0 radical (unpaired) electrons. The monoisotopic (exact) mass is 376 g/mol. The fraction of sp³-hybridized carbons (Fsp3) is 0.190. The average Bonchev–Trinajstić information content (AvgIpc) is 3.16. The van der Waals surface area contributed by atoms with Gasteiger partial charge in [-0.2, -0.15) is 0 Å². The van der Waals surface area contributed by atoms with Gasteiger partial charge in [-0.3, -0.25) is 4.79 Å². The van der Waals surface area contributed by atoms with Crippen molar-refractivity contribution in [3.63, 3.8) is 0 Å². The van der Waals surface area contributed by atoms with Crippen molar-refractivity contribution in [1.82, 2.24) is 9.97 Å². The number of hydrogen-bond donors (Lipinski definition) is 2. The zero-order valence-electron chi connectivity index (χ0n) is 15.7. The Morgan fingerprint density at radius 1 is 1.00 bits per heavy atom. The number of nitrogens with one attached hydrogen (secondary N) is 2. The number of ether oxygens (including phenoxy) is 2. The fourth-order valence-corrected chi connectivity index (χ4v) is 2.89. The molecule has 2 N–H and O–H groups in total. The molecule has 0 unspecified atom stereocenters. The summed E-state index contributed by atoms with van der Waals surface area (Å²) in [5, 5.41) is 6.05. The number of aryl methyl sites for hydroxylation is 2. The van der Waals surface area contributed by atoms with Crippen molar-refractivity contribution in [3.05, 3.63) is 65.6 Å². The van der Waals surface area contributed by atoms with E-state index in [1.165, 1.54) is 5.56 Å². The molecule has 0 bridgehead atoms. The molecule has 3 aromatic rings. The molecule has 0 fully saturated rings. The van der Waals surface area contributed by atoms with E-state index in [1.54, 1.807) is 13.0 Å². The van der Waals surface area contributed by atoms with Crippen LogP contribution in [0.1, 0.15) is 28.8 Å². The van der Waals surface area contributed by atoms with Gasteiger partial charge in [0.2, 0.25) is 6.79 Å². The van der Waals surface area contributed by atoms with E-state index in [0.717, 1.165) is 17.8 Å². The van der Waals surface area contributed by atoms with Gasteiger partial charge in [-0.15, -0.1) is 0 Å². The van der Waals surface area contributed by atoms with E-state index in [4.69, 9.17) is 9.47 Å². The smallest absolute Gasteiger partial charge is 0.274 e. The summed E-state index contributed by atoms with van der Waals surface area (Å²) in [4.78, 5) is 21.2. The lowest BCUT2D eigenvalue weighted by molar-refractivity contribution is 0.102. The summed E-state index contributed by atoms with van der Waals surface area (Å²) in [7, 11) is 0. The summed E-state index contributed by atoms with van der Waals surface area (Å²) in [6, 6.07) is 14.9. The third kappa shape index (κ3) is 3.88. The molecule has 4 rings (SSSR count). The molecule has 2 aromatic carbocycles. The maximum absolute atomic E-state index is 12.6. The van der Waals surface area contributed by atoms with Gasteiger partial charge in [0.1, 0.15) is 17.3 Å². The number of aromatic nitrogens is 2. The Bertz CT molecular complexity index is 1020. The van der Waals surface area contributed by atoms with Crippen molar-refractivity contribution in [2.24, 2.45) is 0 Å². The number of hydrogen-bond acceptors (Lipinski definition) is 6. The molecule has 0 aliphatic carbocycles. The molecule has 2 heterocycles. The molecule has 0 atom stereocenters. The summed E-state index contributed by atoms with van der Waals surface area (Å²) in [5.41, 5.74) is 3.01. The SMILES string of the molecule is CCc1ccc(NC(=O)c2cc(Nc3ccc4c(c3)OCO4)nc(C)n2)cc1. The Labute approximate surface area is 162 Å². The molecular weight excluding hydrogens is 356 g/mol. The molecular formula is C21H20N4O3. The topological polar surface area (TPSA) is 85.4 Å². The second kappa shape index (κ2) is 7.56. The molecule has 1 aliphatic rings. The molecule has 1 aromatic heterocycles. The predicted molar refractivity (Wildman–Crippen MR) is 106 cm³/mol. The first-order chi connectivity index (χ1) is 13.6. The Hall–Kier alpha value is -3.61. The van der Waals surface area contributed by atoms with Crippen molar-refractivity contribution < 1.29 is 14.3 Å². The van der Waals surface area contributed by atoms with Gasteiger partial charge in [0.05, 0.1) is 0 Å². The zero-order chi connectivity index (χ0) is 19.5. The van der Waals surface area contributed by atoms with Crippen LogP contribution in [0.4, 0.5) is 17.2 Å². The van der Waals surface area contributed by atoms with Crippen LogP contribution in [0.3, 0.4) is 0 Å². The van der Waals surface area contributed by atoms with Crippen molar-refractivity contribution in [3.8, 4) is 11.5 Å². The Morgan fingerprint density at radius 2 is 1.75 bits per heavy atom. The Kier molecular flexibility index (Phi) is 4.80.